The van der Waals surface area contributed by atoms with Crippen molar-refractivity contribution in [2.45, 2.75) is 88.5 Å². The monoisotopic (exact) mass is 406 g/mol. The van der Waals surface area contributed by atoms with Crippen molar-refractivity contribution in [3.63, 3.8) is 0 Å². The lowest BCUT2D eigenvalue weighted by atomic mass is 9.71. The lowest BCUT2D eigenvalue weighted by Gasteiger charge is -2.44. The van der Waals surface area contributed by atoms with E-state index in [9.17, 15) is 0 Å². The second kappa shape index (κ2) is 9.12. The number of fused-ring (bicyclic) bond motifs is 6. The topological polar surface area (TPSA) is 43.0 Å². The van der Waals surface area contributed by atoms with E-state index in [-0.39, 0.29) is 5.54 Å². The van der Waals surface area contributed by atoms with Crippen LogP contribution >= 0.6 is 0 Å². The minimum Gasteiger partial charge on any atom is -0.378 e. The van der Waals surface area contributed by atoms with E-state index in [4.69, 9.17) is 14.2 Å². The highest BCUT2D eigenvalue weighted by molar-refractivity contribution is 5.07. The second-order valence-corrected chi connectivity index (χ2v) is 10.7. The van der Waals surface area contributed by atoms with Crippen LogP contribution in [0.3, 0.4) is 0 Å². The highest BCUT2D eigenvalue weighted by Gasteiger charge is 2.49. The van der Waals surface area contributed by atoms with Crippen molar-refractivity contribution in [3.05, 3.63) is 0 Å². The van der Waals surface area contributed by atoms with Gasteiger partial charge in [0.15, 0.2) is 0 Å². The zero-order valence-electron chi connectivity index (χ0n) is 18.4. The summed E-state index contributed by atoms with van der Waals surface area (Å²) in [6.07, 6.45) is 12.7. The smallest absolute Gasteiger partial charge is 0.0665 e. The molecule has 2 unspecified atom stereocenters. The molecule has 6 fully saturated rings. The van der Waals surface area contributed by atoms with E-state index < -0.39 is 0 Å². The van der Waals surface area contributed by atoms with Gasteiger partial charge in [-0.25, -0.2) is 0 Å². The van der Waals surface area contributed by atoms with Gasteiger partial charge in [-0.3, -0.25) is 4.90 Å². The summed E-state index contributed by atoms with van der Waals surface area (Å²) in [7, 11) is 0. The van der Waals surface area contributed by atoms with Crippen LogP contribution in [0, 0.1) is 17.8 Å². The first-order valence-electron chi connectivity index (χ1n) is 12.5. The molecule has 5 atom stereocenters. The molecule has 0 radical (unpaired) electrons. The van der Waals surface area contributed by atoms with Crippen LogP contribution in [0.4, 0.5) is 0 Å². The summed E-state index contributed by atoms with van der Waals surface area (Å²) in [6, 6.07) is 0.424. The Morgan fingerprint density at radius 1 is 0.966 bits per heavy atom. The van der Waals surface area contributed by atoms with Crippen molar-refractivity contribution in [3.8, 4) is 0 Å². The Bertz CT molecular complexity index is 530. The van der Waals surface area contributed by atoms with E-state index in [1.165, 1.54) is 57.8 Å². The predicted octanol–water partition coefficient (Wildman–Crippen LogP) is 3.22. The zero-order valence-corrected chi connectivity index (χ0v) is 18.4. The van der Waals surface area contributed by atoms with Gasteiger partial charge in [0.1, 0.15) is 0 Å². The molecule has 4 saturated heterocycles. The van der Waals surface area contributed by atoms with E-state index in [2.05, 4.69) is 17.1 Å². The van der Waals surface area contributed by atoms with Gasteiger partial charge in [-0.15, -0.1) is 0 Å². The summed E-state index contributed by atoms with van der Waals surface area (Å²) in [5.41, 5.74) is 0.0849. The fourth-order valence-electron chi connectivity index (χ4n) is 7.07. The van der Waals surface area contributed by atoms with E-state index in [1.807, 2.05) is 0 Å². The Morgan fingerprint density at radius 3 is 2.66 bits per heavy atom. The lowest BCUT2D eigenvalue weighted by molar-refractivity contribution is -0.0824. The second-order valence-electron chi connectivity index (χ2n) is 10.7. The van der Waals surface area contributed by atoms with Gasteiger partial charge in [0.05, 0.1) is 50.2 Å². The molecule has 2 saturated carbocycles. The Kier molecular flexibility index (Phi) is 6.50. The number of nitrogens with one attached hydrogen (secondary N) is 1. The fourth-order valence-corrected chi connectivity index (χ4v) is 7.07. The van der Waals surface area contributed by atoms with E-state index in [0.717, 1.165) is 57.9 Å². The average molecular weight is 407 g/mol. The molecule has 2 bridgehead atoms. The Hall–Kier alpha value is -0.200. The maximum Gasteiger partial charge on any atom is 0.0665 e. The number of hydrogen-bond acceptors (Lipinski definition) is 5. The molecule has 4 heterocycles. The number of hydrogen-bond donors (Lipinski definition) is 1. The van der Waals surface area contributed by atoms with Crippen molar-refractivity contribution >= 4 is 0 Å². The largest absolute Gasteiger partial charge is 0.378 e. The van der Waals surface area contributed by atoms with Gasteiger partial charge in [-0.1, -0.05) is 19.8 Å². The van der Waals surface area contributed by atoms with Crippen molar-refractivity contribution in [1.82, 2.24) is 10.2 Å². The summed E-state index contributed by atoms with van der Waals surface area (Å²) in [5.74, 6) is 2.23. The Balaban J connectivity index is 1.32. The molecule has 0 aromatic heterocycles. The van der Waals surface area contributed by atoms with Crippen LogP contribution in [0.15, 0.2) is 0 Å². The molecule has 0 aromatic rings. The maximum atomic E-state index is 6.64. The molecular weight excluding hydrogens is 364 g/mol. The molecule has 29 heavy (non-hydrogen) atoms. The Labute approximate surface area is 177 Å². The van der Waals surface area contributed by atoms with Gasteiger partial charge in [0.25, 0.3) is 0 Å². The maximum absolute atomic E-state index is 6.64. The first-order chi connectivity index (χ1) is 14.2. The van der Waals surface area contributed by atoms with Gasteiger partial charge in [0, 0.05) is 19.6 Å². The van der Waals surface area contributed by atoms with E-state index in [0.29, 0.717) is 24.2 Å². The summed E-state index contributed by atoms with van der Waals surface area (Å²) in [6.45, 7) is 9.05. The van der Waals surface area contributed by atoms with Crippen LogP contribution in [0.1, 0.15) is 64.7 Å². The Morgan fingerprint density at radius 2 is 1.83 bits per heavy atom. The molecule has 166 valence electrons. The molecule has 6 rings (SSSR count). The molecule has 0 aromatic carbocycles. The van der Waals surface area contributed by atoms with Gasteiger partial charge in [0.2, 0.25) is 0 Å². The summed E-state index contributed by atoms with van der Waals surface area (Å²) in [4.78, 5) is 2.69. The molecule has 5 nitrogen and oxygen atoms in total. The SMILES string of the molecule is C[C@@H]1COC2CCCCC2C2CCC(CC2)OC[C@@H]2N(CC[C@@]23COCCN3)C1. The van der Waals surface area contributed by atoms with Gasteiger partial charge in [-0.05, 0) is 62.7 Å². The van der Waals surface area contributed by atoms with Crippen LogP contribution in [0.5, 0.6) is 0 Å². The zero-order chi connectivity index (χ0) is 19.7. The molecule has 0 amide bonds. The lowest BCUT2D eigenvalue weighted by Crippen LogP contribution is -2.63. The van der Waals surface area contributed by atoms with Crippen molar-refractivity contribution < 1.29 is 14.2 Å². The van der Waals surface area contributed by atoms with Gasteiger partial charge < -0.3 is 19.5 Å². The molecule has 4 aliphatic heterocycles. The van der Waals surface area contributed by atoms with E-state index >= 15 is 0 Å². The number of morpholine rings is 1. The molecular formula is C24H42N2O3. The first-order valence-corrected chi connectivity index (χ1v) is 12.5. The molecule has 5 heteroatoms. The third-order valence-electron chi connectivity index (χ3n) is 8.72. The van der Waals surface area contributed by atoms with Crippen molar-refractivity contribution in [1.29, 1.82) is 0 Å². The van der Waals surface area contributed by atoms with Crippen LogP contribution < -0.4 is 5.32 Å². The van der Waals surface area contributed by atoms with Crippen LogP contribution in [-0.4, -0.2) is 74.8 Å². The van der Waals surface area contributed by atoms with Crippen molar-refractivity contribution in [2.75, 3.05) is 46.1 Å². The van der Waals surface area contributed by atoms with Crippen molar-refractivity contribution in [2.24, 2.45) is 17.8 Å². The molecule has 2 aliphatic carbocycles. The predicted molar refractivity (Wildman–Crippen MR) is 114 cm³/mol. The van der Waals surface area contributed by atoms with Crippen LogP contribution in [0.25, 0.3) is 0 Å². The van der Waals surface area contributed by atoms with Crippen LogP contribution in [0.2, 0.25) is 0 Å². The minimum absolute atomic E-state index is 0.0849. The third kappa shape index (κ3) is 4.41. The summed E-state index contributed by atoms with van der Waals surface area (Å²) < 4.78 is 19.2. The molecule has 6 aliphatic rings. The number of rotatable bonds is 0. The number of nitrogens with zero attached hydrogens (tertiary/aromatic N) is 1. The fraction of sp³-hybridized carbons (Fsp3) is 1.00. The highest BCUT2D eigenvalue weighted by Crippen LogP contribution is 2.41. The average Bonchev–Trinajstić information content (AvgIpc) is 3.07. The normalized spacial score (nSPS) is 47.5. The summed E-state index contributed by atoms with van der Waals surface area (Å²) >= 11 is 0. The molecule has 1 spiro atoms. The van der Waals surface area contributed by atoms with E-state index in [1.54, 1.807) is 0 Å². The number of ether oxygens (including phenoxy) is 3. The standard InChI is InChI=1S/C24H42N2O3/c1-18-14-26-12-10-24(17-27-13-11-25-24)23(26)16-28-20-8-6-19(7-9-20)21-4-2-3-5-22(21)29-15-18/h18-23,25H,2-17H2,1H3/t18-,19?,20?,21?,22?,23-,24+/m0/s1. The van der Waals surface area contributed by atoms with Gasteiger partial charge in [-0.2, -0.15) is 0 Å². The minimum atomic E-state index is 0.0849. The quantitative estimate of drug-likeness (QED) is 0.669. The first kappa shape index (κ1) is 20.7. The van der Waals surface area contributed by atoms with Gasteiger partial charge >= 0.3 is 0 Å². The third-order valence-corrected chi connectivity index (χ3v) is 8.72. The van der Waals surface area contributed by atoms with Crippen LogP contribution in [-0.2, 0) is 14.2 Å². The highest BCUT2D eigenvalue weighted by atomic mass is 16.5. The molecule has 1 N–H and O–H groups in total. The summed E-state index contributed by atoms with van der Waals surface area (Å²) in [5, 5.41) is 3.85.